The van der Waals surface area contributed by atoms with E-state index in [-0.39, 0.29) is 5.54 Å². The molecule has 0 unspecified atom stereocenters. The predicted octanol–water partition coefficient (Wildman–Crippen LogP) is 7.09. The molecule has 3 aromatic rings. The zero-order valence-electron chi connectivity index (χ0n) is 26.8. The molecule has 0 radical (unpaired) electrons. The summed E-state index contributed by atoms with van der Waals surface area (Å²) in [7, 11) is 2.34. The van der Waals surface area contributed by atoms with Gasteiger partial charge in [0.15, 0.2) is 8.07 Å². The normalized spacial score (nSPS) is 14.3. The summed E-state index contributed by atoms with van der Waals surface area (Å²) in [6, 6.07) is 13.6. The van der Waals surface area contributed by atoms with E-state index in [9.17, 15) is 0 Å². The van der Waals surface area contributed by atoms with Gasteiger partial charge in [-0.3, -0.25) is 0 Å². The molecule has 4 heteroatoms. The predicted molar refractivity (Wildman–Crippen MR) is 173 cm³/mol. The molecule has 0 atom stereocenters. The highest BCUT2D eigenvalue weighted by Gasteiger charge is 2.56. The summed E-state index contributed by atoms with van der Waals surface area (Å²) in [6.45, 7) is 22.5. The van der Waals surface area contributed by atoms with Crippen molar-refractivity contribution in [2.24, 2.45) is 0 Å². The third-order valence-corrected chi connectivity index (χ3v) is 15.2. The Kier molecular flexibility index (Phi) is 8.15. The van der Waals surface area contributed by atoms with Crippen LogP contribution in [-0.2, 0) is 0 Å². The molecular weight excluding hydrogens is 508 g/mol. The van der Waals surface area contributed by atoms with Crippen LogP contribution in [0, 0.1) is 41.5 Å². The van der Waals surface area contributed by atoms with E-state index in [0.29, 0.717) is 0 Å². The molecule has 0 bridgehead atoms. The molecule has 0 spiro atoms. The molecule has 4 rings (SSSR count). The van der Waals surface area contributed by atoms with Gasteiger partial charge in [0.25, 0.3) is 0 Å². The molecule has 1 aliphatic rings. The average Bonchev–Trinajstić information content (AvgIpc) is 3.08. The van der Waals surface area contributed by atoms with Crippen LogP contribution in [-0.4, -0.2) is 29.4 Å². The monoisotopic (exact) mass is 554 g/mol. The largest absolute Gasteiger partial charge is 0.497 e. The standard InChI is InChI=1S/C36H46O3Si/c1-20-14-23(4)33(30(17-20)37-11)40(36-28(9)26(7)27(8)29(36)10,34-24(5)15-21(2)18-31(34)38-12)35-25(6)16-22(3)19-32(35)39-13/h14-19,36H,1-13H3. The molecule has 40 heavy (non-hydrogen) atoms. The lowest BCUT2D eigenvalue weighted by molar-refractivity contribution is 0.415. The minimum absolute atomic E-state index is 0.161. The molecule has 0 N–H and O–H groups in total. The molecule has 0 amide bonds. The Morgan fingerprint density at radius 3 is 0.975 bits per heavy atom. The summed E-state index contributed by atoms with van der Waals surface area (Å²) in [5.74, 6) is 2.82. The lowest BCUT2D eigenvalue weighted by Crippen LogP contribution is -2.72. The van der Waals surface area contributed by atoms with E-state index < -0.39 is 8.07 Å². The fourth-order valence-electron chi connectivity index (χ4n) is 7.59. The fraction of sp³-hybridized carbons (Fsp3) is 0.389. The highest BCUT2D eigenvalue weighted by atomic mass is 28.3. The quantitative estimate of drug-likeness (QED) is 0.231. The summed E-state index contributed by atoms with van der Waals surface area (Å²) in [5.41, 5.74) is 13.1. The van der Waals surface area contributed by atoms with Gasteiger partial charge in [0.1, 0.15) is 17.2 Å². The first-order valence-electron chi connectivity index (χ1n) is 14.2. The molecule has 0 saturated heterocycles. The minimum atomic E-state index is -3.09. The van der Waals surface area contributed by atoms with Gasteiger partial charge >= 0.3 is 0 Å². The average molecular weight is 555 g/mol. The van der Waals surface area contributed by atoms with Crippen LogP contribution in [0.15, 0.2) is 58.7 Å². The minimum Gasteiger partial charge on any atom is -0.497 e. The topological polar surface area (TPSA) is 27.7 Å². The van der Waals surface area contributed by atoms with Crippen LogP contribution in [0.2, 0.25) is 5.54 Å². The maximum atomic E-state index is 6.33. The van der Waals surface area contributed by atoms with Gasteiger partial charge in [0, 0.05) is 5.54 Å². The van der Waals surface area contributed by atoms with Gasteiger partial charge in [-0.2, -0.15) is 0 Å². The highest BCUT2D eigenvalue weighted by molar-refractivity contribution is 7.15. The summed E-state index contributed by atoms with van der Waals surface area (Å²) in [5, 5.41) is 3.88. The molecule has 0 aliphatic heterocycles. The SMILES string of the molecule is COc1cc(C)cc(C)c1[Si](c1c(C)cc(C)cc1OC)(c1c(C)cc(C)cc1OC)C1C(C)=C(C)C(C)=C1C. The Morgan fingerprint density at radius 1 is 0.450 bits per heavy atom. The van der Waals surface area contributed by atoms with Gasteiger partial charge < -0.3 is 14.2 Å². The molecule has 1 aliphatic carbocycles. The zero-order valence-corrected chi connectivity index (χ0v) is 27.8. The molecule has 0 aromatic heterocycles. The maximum absolute atomic E-state index is 6.33. The van der Waals surface area contributed by atoms with Crippen molar-refractivity contribution in [3.63, 3.8) is 0 Å². The Labute approximate surface area is 242 Å². The number of rotatable bonds is 7. The van der Waals surface area contributed by atoms with E-state index in [0.717, 1.165) is 17.2 Å². The van der Waals surface area contributed by atoms with Crippen LogP contribution in [0.4, 0.5) is 0 Å². The lowest BCUT2D eigenvalue weighted by Gasteiger charge is -2.45. The van der Waals surface area contributed by atoms with Crippen LogP contribution in [0.3, 0.4) is 0 Å². The van der Waals surface area contributed by atoms with Crippen molar-refractivity contribution >= 4 is 23.6 Å². The highest BCUT2D eigenvalue weighted by Crippen LogP contribution is 2.49. The summed E-state index contributed by atoms with van der Waals surface area (Å²) >= 11 is 0. The number of hydrogen-bond donors (Lipinski definition) is 0. The van der Waals surface area contributed by atoms with Crippen LogP contribution >= 0.6 is 0 Å². The number of aryl methyl sites for hydroxylation is 6. The second kappa shape index (κ2) is 11.0. The van der Waals surface area contributed by atoms with Crippen LogP contribution in [0.5, 0.6) is 17.2 Å². The van der Waals surface area contributed by atoms with Gasteiger partial charge in [0.05, 0.1) is 21.3 Å². The van der Waals surface area contributed by atoms with E-state index in [1.54, 1.807) is 0 Å². The van der Waals surface area contributed by atoms with Gasteiger partial charge in [-0.05, 0) is 148 Å². The summed E-state index contributed by atoms with van der Waals surface area (Å²) in [4.78, 5) is 0. The van der Waals surface area contributed by atoms with E-state index in [1.807, 2.05) is 21.3 Å². The third-order valence-electron chi connectivity index (χ3n) is 9.22. The van der Waals surface area contributed by atoms with Crippen LogP contribution in [0.25, 0.3) is 0 Å². The molecule has 0 heterocycles. The third kappa shape index (κ3) is 4.41. The number of allylic oxidation sites excluding steroid dienone is 4. The zero-order chi connectivity index (χ0) is 29.7. The smallest absolute Gasteiger partial charge is 0.174 e. The van der Waals surface area contributed by atoms with E-state index in [4.69, 9.17) is 14.2 Å². The van der Waals surface area contributed by atoms with Crippen molar-refractivity contribution in [2.75, 3.05) is 21.3 Å². The maximum Gasteiger partial charge on any atom is 0.174 e. The Bertz CT molecular complexity index is 1390. The van der Waals surface area contributed by atoms with Crippen molar-refractivity contribution in [2.45, 2.75) is 74.8 Å². The number of hydrogen-bond acceptors (Lipinski definition) is 3. The van der Waals surface area contributed by atoms with Crippen molar-refractivity contribution in [1.82, 2.24) is 0 Å². The van der Waals surface area contributed by atoms with Crippen molar-refractivity contribution in [3.8, 4) is 17.2 Å². The molecule has 0 saturated carbocycles. The van der Waals surface area contributed by atoms with Crippen molar-refractivity contribution in [3.05, 3.63) is 92.1 Å². The first kappa shape index (κ1) is 29.7. The van der Waals surface area contributed by atoms with Crippen LogP contribution < -0.4 is 29.8 Å². The molecule has 3 aromatic carbocycles. The second-order valence-electron chi connectivity index (χ2n) is 11.8. The molecular formula is C36H46O3Si. The van der Waals surface area contributed by atoms with Gasteiger partial charge in [-0.15, -0.1) is 0 Å². The van der Waals surface area contributed by atoms with Crippen molar-refractivity contribution < 1.29 is 14.2 Å². The Hall–Kier alpha value is -3.24. The Balaban J connectivity index is 2.47. The van der Waals surface area contributed by atoms with E-state index in [2.05, 4.69) is 106 Å². The van der Waals surface area contributed by atoms with Gasteiger partial charge in [-0.1, -0.05) is 29.3 Å². The fourth-order valence-corrected chi connectivity index (χ4v) is 14.7. The summed E-state index contributed by atoms with van der Waals surface area (Å²) in [6.07, 6.45) is 0. The lowest BCUT2D eigenvalue weighted by atomic mass is 10.1. The first-order chi connectivity index (χ1) is 18.8. The second-order valence-corrected chi connectivity index (χ2v) is 15.5. The molecule has 212 valence electrons. The number of methoxy groups -OCH3 is 3. The van der Waals surface area contributed by atoms with Crippen LogP contribution in [0.1, 0.15) is 61.1 Å². The van der Waals surface area contributed by atoms with Gasteiger partial charge in [-0.25, -0.2) is 0 Å². The Morgan fingerprint density at radius 2 is 0.725 bits per heavy atom. The van der Waals surface area contributed by atoms with Gasteiger partial charge in [0.2, 0.25) is 0 Å². The number of benzene rings is 3. The summed E-state index contributed by atoms with van der Waals surface area (Å²) < 4.78 is 19.0. The van der Waals surface area contributed by atoms with E-state index >= 15 is 0 Å². The molecule has 3 nitrogen and oxygen atoms in total. The number of ether oxygens (including phenoxy) is 3. The first-order valence-corrected chi connectivity index (χ1v) is 16.2. The van der Waals surface area contributed by atoms with Crippen molar-refractivity contribution in [1.29, 1.82) is 0 Å². The van der Waals surface area contributed by atoms with E-state index in [1.165, 1.54) is 71.2 Å². The molecule has 0 fully saturated rings.